The topological polar surface area (TPSA) is 60.9 Å². The number of amides is 2. The average Bonchev–Trinajstić information content (AvgIpc) is 3.19. The van der Waals surface area contributed by atoms with Crippen LogP contribution in [0, 0.1) is 17.8 Å². The SMILES string of the molecule is CC[C@]1(O)CCC[C@H]2CN(C(=O)C3CCN(C(=O)c4ccc(Cl)cc4)CC3)C[C@H]21. The molecule has 0 unspecified atom stereocenters. The first-order chi connectivity index (χ1) is 13.9. The lowest BCUT2D eigenvalue weighted by Gasteiger charge is -2.40. The Kier molecular flexibility index (Phi) is 5.90. The first-order valence-electron chi connectivity index (χ1n) is 11.0. The van der Waals surface area contributed by atoms with Gasteiger partial charge in [0, 0.05) is 48.6 Å². The molecule has 2 heterocycles. The third-order valence-corrected chi connectivity index (χ3v) is 7.71. The molecule has 0 spiro atoms. The molecule has 1 aromatic rings. The summed E-state index contributed by atoms with van der Waals surface area (Å²) < 4.78 is 0. The molecule has 0 aromatic heterocycles. The van der Waals surface area contributed by atoms with Crippen molar-refractivity contribution in [1.82, 2.24) is 9.80 Å². The van der Waals surface area contributed by atoms with E-state index in [2.05, 4.69) is 6.92 Å². The molecular formula is C23H31ClN2O3. The van der Waals surface area contributed by atoms with Crippen molar-refractivity contribution in [2.45, 2.75) is 51.0 Å². The summed E-state index contributed by atoms with van der Waals surface area (Å²) in [6, 6.07) is 6.97. The summed E-state index contributed by atoms with van der Waals surface area (Å²) in [6.07, 6.45) is 5.22. The second-order valence-corrected chi connectivity index (χ2v) is 9.47. The molecule has 1 aliphatic carbocycles. The summed E-state index contributed by atoms with van der Waals surface area (Å²) in [5.41, 5.74) is 0.0356. The second-order valence-electron chi connectivity index (χ2n) is 9.03. The number of carbonyl (C=O) groups excluding carboxylic acids is 2. The predicted molar refractivity (Wildman–Crippen MR) is 113 cm³/mol. The van der Waals surface area contributed by atoms with Crippen LogP contribution >= 0.6 is 11.6 Å². The first kappa shape index (κ1) is 20.7. The van der Waals surface area contributed by atoms with Crippen molar-refractivity contribution in [3.63, 3.8) is 0 Å². The van der Waals surface area contributed by atoms with Gasteiger partial charge in [0.05, 0.1) is 5.60 Å². The number of benzene rings is 1. The molecule has 0 radical (unpaired) electrons. The molecule has 1 aromatic carbocycles. The summed E-state index contributed by atoms with van der Waals surface area (Å²) in [5, 5.41) is 11.6. The van der Waals surface area contributed by atoms with Crippen LogP contribution in [-0.2, 0) is 4.79 Å². The Hall–Kier alpha value is -1.59. The van der Waals surface area contributed by atoms with Crippen molar-refractivity contribution in [3.8, 4) is 0 Å². The van der Waals surface area contributed by atoms with Crippen LogP contribution in [0.25, 0.3) is 0 Å². The number of carbonyl (C=O) groups is 2. The predicted octanol–water partition coefficient (Wildman–Crippen LogP) is 3.59. The minimum atomic E-state index is -0.605. The van der Waals surface area contributed by atoms with Crippen LogP contribution in [0.3, 0.4) is 0 Å². The fraction of sp³-hybridized carbons (Fsp3) is 0.652. The summed E-state index contributed by atoms with van der Waals surface area (Å²) >= 11 is 5.91. The fourth-order valence-electron chi connectivity index (χ4n) is 5.61. The van der Waals surface area contributed by atoms with Gasteiger partial charge < -0.3 is 14.9 Å². The molecule has 2 amide bonds. The number of fused-ring (bicyclic) bond motifs is 1. The summed E-state index contributed by atoms with van der Waals surface area (Å²) in [4.78, 5) is 29.7. The van der Waals surface area contributed by atoms with Crippen LogP contribution in [0.15, 0.2) is 24.3 Å². The minimum Gasteiger partial charge on any atom is -0.390 e. The van der Waals surface area contributed by atoms with E-state index >= 15 is 0 Å². The molecule has 5 nitrogen and oxygen atoms in total. The van der Waals surface area contributed by atoms with Crippen LogP contribution in [0.4, 0.5) is 0 Å². The highest BCUT2D eigenvalue weighted by Gasteiger charge is 2.49. The second kappa shape index (κ2) is 8.27. The van der Waals surface area contributed by atoms with Crippen LogP contribution in [-0.4, -0.2) is 58.5 Å². The van der Waals surface area contributed by atoms with Crippen LogP contribution in [0.5, 0.6) is 0 Å². The molecule has 158 valence electrons. The van der Waals surface area contributed by atoms with E-state index in [0.29, 0.717) is 49.0 Å². The smallest absolute Gasteiger partial charge is 0.253 e. The van der Waals surface area contributed by atoms with Gasteiger partial charge in [-0.2, -0.15) is 0 Å². The lowest BCUT2D eigenvalue weighted by molar-refractivity contribution is -0.136. The Morgan fingerprint density at radius 1 is 1.10 bits per heavy atom. The van der Waals surface area contributed by atoms with Crippen molar-refractivity contribution in [2.75, 3.05) is 26.2 Å². The third kappa shape index (κ3) is 4.04. The van der Waals surface area contributed by atoms with Gasteiger partial charge in [0.15, 0.2) is 0 Å². The molecule has 3 fully saturated rings. The first-order valence-corrected chi connectivity index (χ1v) is 11.3. The van der Waals surface area contributed by atoms with Crippen LogP contribution < -0.4 is 0 Å². The number of aliphatic hydroxyl groups is 1. The number of piperidine rings is 1. The Labute approximate surface area is 178 Å². The van der Waals surface area contributed by atoms with Gasteiger partial charge in [-0.3, -0.25) is 9.59 Å². The molecule has 29 heavy (non-hydrogen) atoms. The quantitative estimate of drug-likeness (QED) is 0.815. The maximum Gasteiger partial charge on any atom is 0.253 e. The Morgan fingerprint density at radius 2 is 1.79 bits per heavy atom. The molecule has 1 N–H and O–H groups in total. The zero-order valence-electron chi connectivity index (χ0n) is 17.1. The van der Waals surface area contributed by atoms with E-state index < -0.39 is 5.60 Å². The molecule has 1 saturated carbocycles. The number of hydrogen-bond acceptors (Lipinski definition) is 3. The van der Waals surface area contributed by atoms with Crippen LogP contribution in [0.2, 0.25) is 5.02 Å². The molecule has 2 saturated heterocycles. The van der Waals surface area contributed by atoms with Gasteiger partial charge in [0.25, 0.3) is 5.91 Å². The number of likely N-dealkylation sites (tertiary alicyclic amines) is 2. The third-order valence-electron chi connectivity index (χ3n) is 7.46. The highest BCUT2D eigenvalue weighted by molar-refractivity contribution is 6.30. The Morgan fingerprint density at radius 3 is 2.45 bits per heavy atom. The average molecular weight is 419 g/mol. The van der Waals surface area contributed by atoms with E-state index in [0.717, 1.165) is 32.2 Å². The molecule has 4 rings (SSSR count). The van der Waals surface area contributed by atoms with Gasteiger partial charge in [-0.05, 0) is 62.3 Å². The summed E-state index contributed by atoms with van der Waals surface area (Å²) in [6.45, 7) is 4.75. The zero-order valence-corrected chi connectivity index (χ0v) is 17.9. The fourth-order valence-corrected chi connectivity index (χ4v) is 5.74. The Bertz CT molecular complexity index is 760. The van der Waals surface area contributed by atoms with Crippen molar-refractivity contribution < 1.29 is 14.7 Å². The maximum absolute atomic E-state index is 13.2. The van der Waals surface area contributed by atoms with E-state index in [1.165, 1.54) is 0 Å². The highest BCUT2D eigenvalue weighted by Crippen LogP contribution is 2.44. The Balaban J connectivity index is 1.34. The van der Waals surface area contributed by atoms with Gasteiger partial charge in [0.1, 0.15) is 0 Å². The molecule has 0 bridgehead atoms. The number of nitrogens with zero attached hydrogens (tertiary/aromatic N) is 2. The van der Waals surface area contributed by atoms with Gasteiger partial charge >= 0.3 is 0 Å². The highest BCUT2D eigenvalue weighted by atomic mass is 35.5. The zero-order chi connectivity index (χ0) is 20.6. The van der Waals surface area contributed by atoms with E-state index in [1.807, 2.05) is 9.80 Å². The van der Waals surface area contributed by atoms with Gasteiger partial charge in [0.2, 0.25) is 5.91 Å². The molecule has 3 aliphatic rings. The van der Waals surface area contributed by atoms with E-state index in [4.69, 9.17) is 11.6 Å². The summed E-state index contributed by atoms with van der Waals surface area (Å²) in [7, 11) is 0. The molecule has 2 aliphatic heterocycles. The lowest BCUT2D eigenvalue weighted by Crippen LogP contribution is -2.46. The number of hydrogen-bond donors (Lipinski definition) is 1. The van der Waals surface area contributed by atoms with Crippen molar-refractivity contribution in [2.24, 2.45) is 17.8 Å². The molecule has 3 atom stereocenters. The van der Waals surface area contributed by atoms with Gasteiger partial charge in [-0.25, -0.2) is 0 Å². The normalized spacial score (nSPS) is 30.3. The van der Waals surface area contributed by atoms with Crippen molar-refractivity contribution >= 4 is 23.4 Å². The van der Waals surface area contributed by atoms with Gasteiger partial charge in [-0.15, -0.1) is 0 Å². The largest absolute Gasteiger partial charge is 0.390 e. The standard InChI is InChI=1S/C23H31ClN2O3/c1-2-23(29)11-3-4-18-14-26(15-20(18)23)22(28)17-9-12-25(13-10-17)21(27)16-5-7-19(24)8-6-16/h5-8,17-18,20,29H,2-4,9-15H2,1H3/t18-,20+,23-/m0/s1. The van der Waals surface area contributed by atoms with Crippen molar-refractivity contribution in [3.05, 3.63) is 34.9 Å². The van der Waals surface area contributed by atoms with E-state index in [9.17, 15) is 14.7 Å². The molecular weight excluding hydrogens is 388 g/mol. The number of rotatable bonds is 3. The number of halogens is 1. The van der Waals surface area contributed by atoms with Gasteiger partial charge in [-0.1, -0.05) is 24.9 Å². The maximum atomic E-state index is 13.2. The molecule has 6 heteroatoms. The van der Waals surface area contributed by atoms with Crippen LogP contribution in [0.1, 0.15) is 55.8 Å². The monoisotopic (exact) mass is 418 g/mol. The van der Waals surface area contributed by atoms with E-state index in [-0.39, 0.29) is 23.7 Å². The summed E-state index contributed by atoms with van der Waals surface area (Å²) in [5.74, 6) is 0.865. The lowest BCUT2D eigenvalue weighted by atomic mass is 9.69. The van der Waals surface area contributed by atoms with E-state index in [1.54, 1.807) is 24.3 Å². The minimum absolute atomic E-state index is 0.00719. The van der Waals surface area contributed by atoms with Crippen molar-refractivity contribution in [1.29, 1.82) is 0 Å².